The smallest absolute Gasteiger partial charge is 0.321 e. The summed E-state index contributed by atoms with van der Waals surface area (Å²) in [6.07, 6.45) is 3.52. The molecule has 3 N–H and O–H groups in total. The van der Waals surface area contributed by atoms with Crippen molar-refractivity contribution in [1.82, 2.24) is 9.80 Å². The minimum absolute atomic E-state index is 0.0186. The van der Waals surface area contributed by atoms with E-state index in [4.69, 9.17) is 22.1 Å². The normalized spacial score (nSPS) is 20.8. The van der Waals surface area contributed by atoms with Gasteiger partial charge in [-0.1, -0.05) is 29.8 Å². The van der Waals surface area contributed by atoms with Gasteiger partial charge < -0.3 is 25.6 Å². The molecule has 2 fully saturated rings. The van der Waals surface area contributed by atoms with Crippen molar-refractivity contribution >= 4 is 29.2 Å². The van der Waals surface area contributed by atoms with Crippen LogP contribution in [0.5, 0.6) is 0 Å². The average Bonchev–Trinajstić information content (AvgIpc) is 2.85. The standard InChI is InChI=1S/C25H31ClN4O3/c26-23-11-8-21(28-25(32)29-12-14-33-15-13-29)16-19(23)17-30(22-9-6-20(27)7-10-22)24(31)18-4-2-1-3-5-18/h1-5,8,11,16,20,22H,6-7,9-10,12-15,17,27H2,(H,28,32). The summed E-state index contributed by atoms with van der Waals surface area (Å²) < 4.78 is 5.32. The third-order valence-electron chi connectivity index (χ3n) is 6.40. The summed E-state index contributed by atoms with van der Waals surface area (Å²) in [6, 6.07) is 14.9. The highest BCUT2D eigenvalue weighted by Crippen LogP contribution is 2.29. The van der Waals surface area contributed by atoms with Crippen LogP contribution in [0.4, 0.5) is 10.5 Å². The van der Waals surface area contributed by atoms with Crippen LogP contribution in [-0.2, 0) is 11.3 Å². The molecule has 0 spiro atoms. The van der Waals surface area contributed by atoms with Gasteiger partial charge in [0, 0.05) is 48.0 Å². The molecule has 3 amide bonds. The molecule has 0 unspecified atom stereocenters. The Morgan fingerprint density at radius 1 is 1.06 bits per heavy atom. The van der Waals surface area contributed by atoms with Gasteiger partial charge in [-0.3, -0.25) is 4.79 Å². The molecule has 8 heteroatoms. The zero-order chi connectivity index (χ0) is 23.2. The van der Waals surface area contributed by atoms with Gasteiger partial charge in [0.1, 0.15) is 0 Å². The molecule has 1 saturated heterocycles. The van der Waals surface area contributed by atoms with Crippen LogP contribution in [0.15, 0.2) is 48.5 Å². The second kappa shape index (κ2) is 11.0. The molecule has 0 bridgehead atoms. The van der Waals surface area contributed by atoms with Crippen LogP contribution in [-0.4, -0.2) is 60.1 Å². The third-order valence-corrected chi connectivity index (χ3v) is 6.77. The Balaban J connectivity index is 1.54. The maximum absolute atomic E-state index is 13.5. The molecule has 1 aliphatic heterocycles. The first-order chi connectivity index (χ1) is 16.0. The van der Waals surface area contributed by atoms with E-state index in [0.717, 1.165) is 31.2 Å². The Hall–Kier alpha value is -2.61. The van der Waals surface area contributed by atoms with Crippen molar-refractivity contribution in [3.63, 3.8) is 0 Å². The van der Waals surface area contributed by atoms with Crippen LogP contribution in [0.1, 0.15) is 41.6 Å². The fraction of sp³-hybridized carbons (Fsp3) is 0.440. The zero-order valence-electron chi connectivity index (χ0n) is 18.7. The first-order valence-corrected chi connectivity index (χ1v) is 11.9. The van der Waals surface area contributed by atoms with E-state index in [0.29, 0.717) is 49.1 Å². The van der Waals surface area contributed by atoms with E-state index in [-0.39, 0.29) is 24.0 Å². The molecule has 1 saturated carbocycles. The van der Waals surface area contributed by atoms with Crippen LogP contribution in [0.3, 0.4) is 0 Å². The van der Waals surface area contributed by atoms with E-state index in [1.165, 1.54) is 0 Å². The largest absolute Gasteiger partial charge is 0.378 e. The number of hydrogen-bond donors (Lipinski definition) is 2. The molecule has 0 aromatic heterocycles. The zero-order valence-corrected chi connectivity index (χ0v) is 19.5. The predicted molar refractivity (Wildman–Crippen MR) is 129 cm³/mol. The van der Waals surface area contributed by atoms with Gasteiger partial charge in [0.2, 0.25) is 0 Å². The van der Waals surface area contributed by atoms with Crippen molar-refractivity contribution in [2.45, 2.75) is 44.3 Å². The van der Waals surface area contributed by atoms with Crippen molar-refractivity contribution < 1.29 is 14.3 Å². The summed E-state index contributed by atoms with van der Waals surface area (Å²) >= 11 is 6.54. The molecule has 0 radical (unpaired) electrons. The number of benzene rings is 2. The Kier molecular flexibility index (Phi) is 7.85. The van der Waals surface area contributed by atoms with Gasteiger partial charge in [-0.15, -0.1) is 0 Å². The number of halogens is 1. The van der Waals surface area contributed by atoms with Crippen LogP contribution < -0.4 is 11.1 Å². The van der Waals surface area contributed by atoms with E-state index in [1.54, 1.807) is 17.0 Å². The number of carbonyl (C=O) groups excluding carboxylic acids is 2. The van der Waals surface area contributed by atoms with E-state index < -0.39 is 0 Å². The molecule has 33 heavy (non-hydrogen) atoms. The number of anilines is 1. The molecule has 4 rings (SSSR count). The van der Waals surface area contributed by atoms with Gasteiger partial charge in [0.25, 0.3) is 5.91 Å². The van der Waals surface area contributed by atoms with Gasteiger partial charge in [-0.2, -0.15) is 0 Å². The number of hydrogen-bond acceptors (Lipinski definition) is 4. The molecule has 2 aromatic carbocycles. The van der Waals surface area contributed by atoms with Crippen LogP contribution in [0.2, 0.25) is 5.02 Å². The summed E-state index contributed by atoms with van der Waals surface area (Å²) in [4.78, 5) is 29.7. The summed E-state index contributed by atoms with van der Waals surface area (Å²) in [6.45, 7) is 2.58. The number of nitrogens with one attached hydrogen (secondary N) is 1. The van der Waals surface area contributed by atoms with Gasteiger partial charge in [-0.25, -0.2) is 4.79 Å². The fourth-order valence-electron chi connectivity index (χ4n) is 4.45. The molecule has 1 aliphatic carbocycles. The van der Waals surface area contributed by atoms with E-state index >= 15 is 0 Å². The highest BCUT2D eigenvalue weighted by Gasteiger charge is 2.29. The van der Waals surface area contributed by atoms with Gasteiger partial charge in [0.15, 0.2) is 0 Å². The summed E-state index contributed by atoms with van der Waals surface area (Å²) in [5.41, 5.74) is 8.22. The van der Waals surface area contributed by atoms with E-state index in [2.05, 4.69) is 5.32 Å². The lowest BCUT2D eigenvalue weighted by Crippen LogP contribution is -2.44. The van der Waals surface area contributed by atoms with Gasteiger partial charge >= 0.3 is 6.03 Å². The summed E-state index contributed by atoms with van der Waals surface area (Å²) in [5.74, 6) is -0.0186. The summed E-state index contributed by atoms with van der Waals surface area (Å²) in [7, 11) is 0. The number of nitrogens with zero attached hydrogens (tertiary/aromatic N) is 2. The predicted octanol–water partition coefficient (Wildman–Crippen LogP) is 4.12. The highest BCUT2D eigenvalue weighted by molar-refractivity contribution is 6.31. The Labute approximate surface area is 199 Å². The van der Waals surface area contributed by atoms with Crippen molar-refractivity contribution in [3.05, 3.63) is 64.7 Å². The second-order valence-electron chi connectivity index (χ2n) is 8.70. The maximum atomic E-state index is 13.5. The lowest BCUT2D eigenvalue weighted by Gasteiger charge is -2.36. The van der Waals surface area contributed by atoms with Gasteiger partial charge in [0.05, 0.1) is 13.2 Å². The first kappa shape index (κ1) is 23.5. The highest BCUT2D eigenvalue weighted by atomic mass is 35.5. The number of rotatable bonds is 5. The van der Waals surface area contributed by atoms with Crippen LogP contribution in [0.25, 0.3) is 0 Å². The van der Waals surface area contributed by atoms with Crippen molar-refractivity contribution in [2.24, 2.45) is 5.73 Å². The van der Waals surface area contributed by atoms with Gasteiger partial charge in [-0.05, 0) is 61.6 Å². The lowest BCUT2D eigenvalue weighted by atomic mass is 9.90. The van der Waals surface area contributed by atoms with Crippen LogP contribution in [0, 0.1) is 0 Å². The topological polar surface area (TPSA) is 87.9 Å². The number of amides is 3. The molecular weight excluding hydrogens is 440 g/mol. The molecule has 2 aliphatic rings. The Morgan fingerprint density at radius 2 is 1.76 bits per heavy atom. The summed E-state index contributed by atoms with van der Waals surface area (Å²) in [5, 5.41) is 3.52. The van der Waals surface area contributed by atoms with Crippen molar-refractivity contribution in [2.75, 3.05) is 31.6 Å². The molecule has 7 nitrogen and oxygen atoms in total. The number of morpholine rings is 1. The Bertz CT molecular complexity index is 957. The third kappa shape index (κ3) is 6.05. The first-order valence-electron chi connectivity index (χ1n) is 11.5. The second-order valence-corrected chi connectivity index (χ2v) is 9.11. The Morgan fingerprint density at radius 3 is 2.45 bits per heavy atom. The fourth-order valence-corrected chi connectivity index (χ4v) is 4.63. The molecule has 0 atom stereocenters. The molecule has 176 valence electrons. The van der Waals surface area contributed by atoms with Crippen molar-refractivity contribution in [3.8, 4) is 0 Å². The molecule has 1 heterocycles. The number of urea groups is 1. The molecular formula is C25H31ClN4O3. The van der Waals surface area contributed by atoms with Crippen LogP contribution >= 0.6 is 11.6 Å². The van der Waals surface area contributed by atoms with E-state index in [9.17, 15) is 9.59 Å². The average molecular weight is 471 g/mol. The molecule has 2 aromatic rings. The maximum Gasteiger partial charge on any atom is 0.321 e. The number of nitrogens with two attached hydrogens (primary N) is 1. The monoisotopic (exact) mass is 470 g/mol. The van der Waals surface area contributed by atoms with E-state index in [1.807, 2.05) is 41.3 Å². The minimum atomic E-state index is -0.162. The quantitative estimate of drug-likeness (QED) is 0.688. The SMILES string of the molecule is NC1CCC(N(Cc2cc(NC(=O)N3CCOCC3)ccc2Cl)C(=O)c2ccccc2)CC1. The number of ether oxygens (including phenoxy) is 1. The minimum Gasteiger partial charge on any atom is -0.378 e. The number of carbonyl (C=O) groups is 2. The lowest BCUT2D eigenvalue weighted by molar-refractivity contribution is 0.0564. The van der Waals surface area contributed by atoms with Crippen molar-refractivity contribution in [1.29, 1.82) is 0 Å².